The van der Waals surface area contributed by atoms with Gasteiger partial charge in [-0.05, 0) is 23.3 Å². The van der Waals surface area contributed by atoms with E-state index < -0.39 is 0 Å². The van der Waals surface area contributed by atoms with Gasteiger partial charge in [-0.3, -0.25) is 4.79 Å². The monoisotopic (exact) mass is 297 g/mol. The zero-order valence-corrected chi connectivity index (χ0v) is 12.4. The summed E-state index contributed by atoms with van der Waals surface area (Å²) in [5, 5.41) is 8.14. The molecule has 114 valence electrons. The fourth-order valence-corrected chi connectivity index (χ4v) is 1.94. The van der Waals surface area contributed by atoms with Gasteiger partial charge in [0.1, 0.15) is 0 Å². The van der Waals surface area contributed by atoms with Crippen molar-refractivity contribution >= 4 is 11.9 Å². The molecule has 5 nitrogen and oxygen atoms in total. The van der Waals surface area contributed by atoms with Gasteiger partial charge in [-0.1, -0.05) is 42.5 Å². The lowest BCUT2D eigenvalue weighted by Crippen LogP contribution is -2.34. The number of amides is 3. The summed E-state index contributed by atoms with van der Waals surface area (Å²) >= 11 is 0. The molecule has 0 saturated heterocycles. The maximum absolute atomic E-state index is 11.7. The van der Waals surface area contributed by atoms with Crippen LogP contribution in [0.25, 0.3) is 0 Å². The number of carbonyl (C=O) groups is 2. The molecule has 0 aliphatic carbocycles. The molecule has 0 spiro atoms. The Hall–Kier alpha value is -2.82. The first-order chi connectivity index (χ1) is 10.7. The van der Waals surface area contributed by atoms with Gasteiger partial charge >= 0.3 is 6.03 Å². The minimum absolute atomic E-state index is 0.125. The summed E-state index contributed by atoms with van der Waals surface area (Å²) in [6.45, 7) is 0.900. The molecule has 0 atom stereocenters. The highest BCUT2D eigenvalue weighted by molar-refractivity contribution is 5.93. The molecule has 0 fully saturated rings. The van der Waals surface area contributed by atoms with Crippen LogP contribution in [0.3, 0.4) is 0 Å². The molecule has 22 heavy (non-hydrogen) atoms. The summed E-state index contributed by atoms with van der Waals surface area (Å²) in [6.07, 6.45) is 0. The lowest BCUT2D eigenvalue weighted by molar-refractivity contribution is 0.0963. The predicted octanol–water partition coefficient (Wildman–Crippen LogP) is 2.05. The molecule has 3 N–H and O–H groups in total. The van der Waals surface area contributed by atoms with E-state index in [0.29, 0.717) is 18.7 Å². The number of benzene rings is 2. The lowest BCUT2D eigenvalue weighted by atomic mass is 10.1. The minimum atomic E-state index is -0.223. The van der Waals surface area contributed by atoms with E-state index in [-0.39, 0.29) is 11.9 Å². The summed E-state index contributed by atoms with van der Waals surface area (Å²) < 4.78 is 0. The van der Waals surface area contributed by atoms with E-state index in [4.69, 9.17) is 0 Å². The van der Waals surface area contributed by atoms with Gasteiger partial charge < -0.3 is 16.0 Å². The average molecular weight is 297 g/mol. The lowest BCUT2D eigenvalue weighted by Gasteiger charge is -2.08. The standard InChI is InChI=1S/C17H19N3O2/c1-18-16(21)15-9-7-14(8-10-15)12-20-17(22)19-11-13-5-3-2-4-6-13/h2-10H,11-12H2,1H3,(H,18,21)(H2,19,20,22). The Bertz CT molecular complexity index is 624. The second kappa shape index (κ2) is 7.83. The number of carbonyl (C=O) groups excluding carboxylic acids is 2. The van der Waals surface area contributed by atoms with Gasteiger partial charge in [-0.15, -0.1) is 0 Å². The van der Waals surface area contributed by atoms with Crippen LogP contribution < -0.4 is 16.0 Å². The van der Waals surface area contributed by atoms with Gasteiger partial charge in [0.05, 0.1) is 0 Å². The van der Waals surface area contributed by atoms with E-state index in [9.17, 15) is 9.59 Å². The summed E-state index contributed by atoms with van der Waals surface area (Å²) in [6, 6.07) is 16.6. The Kier molecular flexibility index (Phi) is 5.54. The first-order valence-corrected chi connectivity index (χ1v) is 7.05. The second-order valence-corrected chi connectivity index (χ2v) is 4.80. The summed E-state index contributed by atoms with van der Waals surface area (Å²) in [7, 11) is 1.59. The van der Waals surface area contributed by atoms with Gasteiger partial charge in [-0.25, -0.2) is 4.79 Å². The average Bonchev–Trinajstić information content (AvgIpc) is 2.58. The molecule has 5 heteroatoms. The normalized spacial score (nSPS) is 9.86. The van der Waals surface area contributed by atoms with E-state index in [1.165, 1.54) is 0 Å². The van der Waals surface area contributed by atoms with Crippen LogP contribution in [0.4, 0.5) is 4.79 Å². The Morgan fingerprint density at radius 1 is 0.818 bits per heavy atom. The van der Waals surface area contributed by atoms with E-state index in [0.717, 1.165) is 11.1 Å². The van der Waals surface area contributed by atoms with Gasteiger partial charge in [0, 0.05) is 25.7 Å². The highest BCUT2D eigenvalue weighted by Gasteiger charge is 2.03. The SMILES string of the molecule is CNC(=O)c1ccc(CNC(=O)NCc2ccccc2)cc1. The highest BCUT2D eigenvalue weighted by Crippen LogP contribution is 2.04. The van der Waals surface area contributed by atoms with Crippen molar-refractivity contribution in [1.29, 1.82) is 0 Å². The molecule has 0 radical (unpaired) electrons. The molecular formula is C17H19N3O2. The van der Waals surface area contributed by atoms with Crippen LogP contribution in [0.5, 0.6) is 0 Å². The number of rotatable bonds is 5. The van der Waals surface area contributed by atoms with Crippen LogP contribution in [0.15, 0.2) is 54.6 Å². The summed E-state index contributed by atoms with van der Waals surface area (Å²) in [4.78, 5) is 23.1. The van der Waals surface area contributed by atoms with Crippen LogP contribution >= 0.6 is 0 Å². The first-order valence-electron chi connectivity index (χ1n) is 7.05. The second-order valence-electron chi connectivity index (χ2n) is 4.80. The molecule has 0 bridgehead atoms. The van der Waals surface area contributed by atoms with Crippen molar-refractivity contribution in [3.05, 3.63) is 71.3 Å². The van der Waals surface area contributed by atoms with Crippen LogP contribution in [0.1, 0.15) is 21.5 Å². The smallest absolute Gasteiger partial charge is 0.315 e. The van der Waals surface area contributed by atoms with E-state index in [1.807, 2.05) is 42.5 Å². The molecule has 0 aliphatic rings. The van der Waals surface area contributed by atoms with Crippen LogP contribution in [-0.2, 0) is 13.1 Å². The maximum atomic E-state index is 11.7. The van der Waals surface area contributed by atoms with Gasteiger partial charge in [0.25, 0.3) is 5.91 Å². The fraction of sp³-hybridized carbons (Fsp3) is 0.176. The van der Waals surface area contributed by atoms with E-state index in [1.54, 1.807) is 19.2 Å². The van der Waals surface area contributed by atoms with Crippen molar-refractivity contribution in [3.63, 3.8) is 0 Å². The summed E-state index contributed by atoms with van der Waals surface area (Å²) in [5.41, 5.74) is 2.58. The zero-order valence-electron chi connectivity index (χ0n) is 12.4. The molecule has 3 amide bonds. The Labute approximate surface area is 129 Å². The van der Waals surface area contributed by atoms with Crippen molar-refractivity contribution < 1.29 is 9.59 Å². The number of hydrogen-bond acceptors (Lipinski definition) is 2. The minimum Gasteiger partial charge on any atom is -0.355 e. The molecule has 2 aromatic carbocycles. The van der Waals surface area contributed by atoms with Crippen LogP contribution in [0.2, 0.25) is 0 Å². The Morgan fingerprint density at radius 3 is 1.91 bits per heavy atom. The molecule has 2 aromatic rings. The Morgan fingerprint density at radius 2 is 1.36 bits per heavy atom. The van der Waals surface area contributed by atoms with Gasteiger partial charge in [0.15, 0.2) is 0 Å². The van der Waals surface area contributed by atoms with Crippen LogP contribution in [-0.4, -0.2) is 19.0 Å². The molecule has 0 heterocycles. The number of nitrogens with one attached hydrogen (secondary N) is 3. The molecule has 0 unspecified atom stereocenters. The first kappa shape index (κ1) is 15.6. The predicted molar refractivity (Wildman–Crippen MR) is 85.3 cm³/mol. The number of urea groups is 1. The number of hydrogen-bond donors (Lipinski definition) is 3. The van der Waals surface area contributed by atoms with Crippen molar-refractivity contribution in [2.24, 2.45) is 0 Å². The van der Waals surface area contributed by atoms with Gasteiger partial charge in [0.2, 0.25) is 0 Å². The van der Waals surface area contributed by atoms with E-state index in [2.05, 4.69) is 16.0 Å². The molecule has 0 saturated carbocycles. The van der Waals surface area contributed by atoms with Crippen LogP contribution in [0, 0.1) is 0 Å². The molecule has 0 aliphatic heterocycles. The maximum Gasteiger partial charge on any atom is 0.315 e. The Balaban J connectivity index is 1.77. The third-order valence-electron chi connectivity index (χ3n) is 3.19. The van der Waals surface area contributed by atoms with Crippen molar-refractivity contribution in [2.45, 2.75) is 13.1 Å². The van der Waals surface area contributed by atoms with Gasteiger partial charge in [-0.2, -0.15) is 0 Å². The van der Waals surface area contributed by atoms with Crippen molar-refractivity contribution in [1.82, 2.24) is 16.0 Å². The molecular weight excluding hydrogens is 278 g/mol. The summed E-state index contributed by atoms with van der Waals surface area (Å²) in [5.74, 6) is -0.125. The molecule has 0 aromatic heterocycles. The third-order valence-corrected chi connectivity index (χ3v) is 3.19. The quantitative estimate of drug-likeness (QED) is 0.790. The largest absolute Gasteiger partial charge is 0.355 e. The van der Waals surface area contributed by atoms with Crippen molar-refractivity contribution in [2.75, 3.05) is 7.05 Å². The van der Waals surface area contributed by atoms with Crippen molar-refractivity contribution in [3.8, 4) is 0 Å². The highest BCUT2D eigenvalue weighted by atomic mass is 16.2. The molecule has 2 rings (SSSR count). The third kappa shape index (κ3) is 4.63. The zero-order chi connectivity index (χ0) is 15.8. The fourth-order valence-electron chi connectivity index (χ4n) is 1.94. The topological polar surface area (TPSA) is 70.2 Å². The van der Waals surface area contributed by atoms with E-state index >= 15 is 0 Å².